The highest BCUT2D eigenvalue weighted by molar-refractivity contribution is 6.12. The van der Waals surface area contributed by atoms with E-state index in [1.165, 1.54) is 0 Å². The largest absolute Gasteiger partial charge is 0.478 e. The highest BCUT2D eigenvalue weighted by atomic mass is 16.4. The number of aromatic nitrogens is 2. The highest BCUT2D eigenvalue weighted by Gasteiger charge is 2.26. The van der Waals surface area contributed by atoms with Gasteiger partial charge in [-0.2, -0.15) is 0 Å². The number of aromatic carboxylic acids is 1. The standard InChI is InChI=1S/C33H33N3O4.2H2O/c1-3-4-14-30-35-27-17-15-24(34-32(38)26-13-9-8-12-23(26)20-37)19-29(27)36(30)28-18-16-25(22-10-6-5-7-11-22)31(21(28)2)33(39)40;;/h5-7,10-11,15-18,20H,3-4,8-9,12-14,19H2,1-2H3,(H,39,40);2*1H2. The van der Waals surface area contributed by atoms with Crippen molar-refractivity contribution in [3.05, 3.63) is 88.0 Å². The summed E-state index contributed by atoms with van der Waals surface area (Å²) in [5.41, 5.74) is 6.53. The van der Waals surface area contributed by atoms with Crippen molar-refractivity contribution in [2.45, 2.75) is 65.2 Å². The fourth-order valence-corrected chi connectivity index (χ4v) is 5.67. The average Bonchev–Trinajstić information content (AvgIpc) is 3.33. The third-order valence-corrected chi connectivity index (χ3v) is 7.74. The van der Waals surface area contributed by atoms with E-state index in [-0.39, 0.29) is 22.4 Å². The van der Waals surface area contributed by atoms with Crippen LogP contribution in [0.3, 0.4) is 0 Å². The van der Waals surface area contributed by atoms with Gasteiger partial charge in [0.1, 0.15) is 12.1 Å². The second-order valence-corrected chi connectivity index (χ2v) is 10.3. The molecule has 3 aromatic rings. The molecule has 5 N–H and O–H groups in total. The molecule has 0 saturated carbocycles. The van der Waals surface area contributed by atoms with Crippen LogP contribution in [0, 0.1) is 6.92 Å². The Balaban J connectivity index is 0.00000242. The number of hydrogen-bond acceptors (Lipinski definition) is 4. The molecule has 5 rings (SSSR count). The number of fused-ring (bicyclic) bond motifs is 1. The Kier molecular flexibility index (Phi) is 10.6. The fraction of sp³-hybridized carbons (Fsp3) is 0.303. The van der Waals surface area contributed by atoms with Gasteiger partial charge in [0.25, 0.3) is 5.91 Å². The van der Waals surface area contributed by atoms with Crippen LogP contribution >= 0.6 is 0 Å². The Morgan fingerprint density at radius 1 is 1.05 bits per heavy atom. The van der Waals surface area contributed by atoms with Crippen LogP contribution in [0.25, 0.3) is 22.9 Å². The number of carbonyl (C=O) groups excluding carboxylic acids is 2. The molecule has 0 radical (unpaired) electrons. The zero-order valence-electron chi connectivity index (χ0n) is 23.9. The minimum atomic E-state index is -0.984. The lowest BCUT2D eigenvalue weighted by molar-refractivity contribution is -0.115. The van der Waals surface area contributed by atoms with Crippen LogP contribution in [-0.2, 0) is 22.4 Å². The van der Waals surface area contributed by atoms with Gasteiger partial charge in [0.2, 0.25) is 0 Å². The van der Waals surface area contributed by atoms with Gasteiger partial charge in [0.05, 0.1) is 28.4 Å². The van der Waals surface area contributed by atoms with Crippen LogP contribution in [0.5, 0.6) is 0 Å². The molecule has 0 atom stereocenters. The van der Waals surface area contributed by atoms with E-state index in [2.05, 4.69) is 16.5 Å². The number of imidazole rings is 1. The Bertz CT molecular complexity index is 1580. The zero-order chi connectivity index (χ0) is 28.2. The lowest BCUT2D eigenvalue weighted by Crippen LogP contribution is -2.16. The molecule has 0 spiro atoms. The van der Waals surface area contributed by atoms with Crippen LogP contribution < -0.4 is 0 Å². The highest BCUT2D eigenvalue weighted by Crippen LogP contribution is 2.33. The van der Waals surface area contributed by atoms with Crippen LogP contribution in [0.1, 0.15) is 78.6 Å². The molecular weight excluding hydrogens is 534 g/mol. The van der Waals surface area contributed by atoms with Gasteiger partial charge in [-0.25, -0.2) is 14.8 Å². The number of unbranched alkanes of at least 4 members (excludes halogenated alkanes) is 1. The molecule has 0 unspecified atom stereocenters. The van der Waals surface area contributed by atoms with Crippen molar-refractivity contribution in [2.24, 2.45) is 4.99 Å². The summed E-state index contributed by atoms with van der Waals surface area (Å²) < 4.78 is 2.06. The SMILES string of the molecule is CCCCc1nc2c(n1-c1ccc(-c3ccccc3)c(C(=O)O)c1C)CC(=NC(=O)C1=C(C=O)CCCC1)C=C2.O.O. The van der Waals surface area contributed by atoms with E-state index < -0.39 is 5.97 Å². The van der Waals surface area contributed by atoms with Crippen molar-refractivity contribution < 1.29 is 30.4 Å². The van der Waals surface area contributed by atoms with Gasteiger partial charge in [0.15, 0.2) is 0 Å². The van der Waals surface area contributed by atoms with Crippen molar-refractivity contribution in [1.29, 1.82) is 0 Å². The number of carboxylic acid groups (broad SMARTS) is 1. The van der Waals surface area contributed by atoms with E-state index in [9.17, 15) is 19.5 Å². The molecule has 2 aliphatic rings. The molecule has 1 aromatic heterocycles. The van der Waals surface area contributed by atoms with Crippen LogP contribution in [-0.4, -0.2) is 49.5 Å². The number of aliphatic imine (C=N–C) groups is 1. The maximum Gasteiger partial charge on any atom is 0.336 e. The van der Waals surface area contributed by atoms with E-state index in [1.807, 2.05) is 61.5 Å². The predicted molar refractivity (Wildman–Crippen MR) is 163 cm³/mol. The molecule has 42 heavy (non-hydrogen) atoms. The maximum atomic E-state index is 13.1. The number of aldehydes is 1. The maximum absolute atomic E-state index is 13.1. The summed E-state index contributed by atoms with van der Waals surface area (Å²) in [4.78, 5) is 46.5. The van der Waals surface area contributed by atoms with Crippen molar-refractivity contribution >= 4 is 30.0 Å². The smallest absolute Gasteiger partial charge is 0.336 e. The Morgan fingerprint density at radius 3 is 2.48 bits per heavy atom. The van der Waals surface area contributed by atoms with Gasteiger partial charge in [0, 0.05) is 24.0 Å². The molecule has 2 aromatic carbocycles. The molecule has 1 amide bonds. The molecule has 0 aliphatic heterocycles. The monoisotopic (exact) mass is 571 g/mol. The summed E-state index contributed by atoms with van der Waals surface area (Å²) in [6.07, 6.45) is 10.5. The van der Waals surface area contributed by atoms with Crippen LogP contribution in [0.4, 0.5) is 0 Å². The fourth-order valence-electron chi connectivity index (χ4n) is 5.67. The van der Waals surface area contributed by atoms with E-state index in [1.54, 1.807) is 0 Å². The van der Waals surface area contributed by atoms with Gasteiger partial charge >= 0.3 is 5.97 Å². The number of carbonyl (C=O) groups is 3. The van der Waals surface area contributed by atoms with Gasteiger partial charge < -0.3 is 16.1 Å². The topological polar surface area (TPSA) is 165 Å². The third kappa shape index (κ3) is 6.22. The summed E-state index contributed by atoms with van der Waals surface area (Å²) in [6.45, 7) is 3.97. The van der Waals surface area contributed by atoms with Crippen LogP contribution in [0.15, 0.2) is 64.7 Å². The van der Waals surface area contributed by atoms with Gasteiger partial charge in [-0.15, -0.1) is 0 Å². The van der Waals surface area contributed by atoms with Crippen LogP contribution in [0.2, 0.25) is 0 Å². The summed E-state index contributed by atoms with van der Waals surface area (Å²) in [5.74, 6) is -0.477. The number of nitrogens with zero attached hydrogens (tertiary/aromatic N) is 3. The summed E-state index contributed by atoms with van der Waals surface area (Å²) in [7, 11) is 0. The number of amides is 1. The lowest BCUT2D eigenvalue weighted by atomic mass is 9.92. The Hall–Kier alpha value is -4.47. The first-order valence-corrected chi connectivity index (χ1v) is 13.9. The number of hydrogen-bond donors (Lipinski definition) is 1. The quantitative estimate of drug-likeness (QED) is 0.381. The first kappa shape index (κ1) is 32.0. The van der Waals surface area contributed by atoms with Gasteiger partial charge in [-0.1, -0.05) is 49.7 Å². The average molecular weight is 572 g/mol. The molecule has 0 fully saturated rings. The summed E-state index contributed by atoms with van der Waals surface area (Å²) in [6, 6.07) is 13.4. The first-order chi connectivity index (χ1) is 19.4. The third-order valence-electron chi connectivity index (χ3n) is 7.74. The molecule has 2 aliphatic carbocycles. The van der Waals surface area contributed by atoms with E-state index in [0.717, 1.165) is 66.9 Å². The molecular formula is C33H37N3O6. The van der Waals surface area contributed by atoms with E-state index >= 15 is 0 Å². The van der Waals surface area contributed by atoms with Crippen molar-refractivity contribution in [3.63, 3.8) is 0 Å². The Morgan fingerprint density at radius 2 is 1.79 bits per heavy atom. The van der Waals surface area contributed by atoms with E-state index in [0.29, 0.717) is 47.2 Å². The molecule has 9 nitrogen and oxygen atoms in total. The molecule has 9 heteroatoms. The number of rotatable bonds is 8. The number of benzene rings is 2. The van der Waals surface area contributed by atoms with Crippen molar-refractivity contribution in [1.82, 2.24) is 9.55 Å². The number of carboxylic acids is 1. The summed E-state index contributed by atoms with van der Waals surface area (Å²) >= 11 is 0. The minimum Gasteiger partial charge on any atom is -0.478 e. The normalized spacial score (nSPS) is 15.0. The first-order valence-electron chi connectivity index (χ1n) is 13.9. The molecule has 220 valence electrons. The number of aryl methyl sites for hydroxylation is 1. The van der Waals surface area contributed by atoms with Gasteiger partial charge in [-0.3, -0.25) is 14.2 Å². The van der Waals surface area contributed by atoms with Gasteiger partial charge in [-0.05, 0) is 73.9 Å². The minimum absolute atomic E-state index is 0. The van der Waals surface area contributed by atoms with E-state index in [4.69, 9.17) is 4.98 Å². The number of allylic oxidation sites excluding steroid dienone is 2. The zero-order valence-corrected chi connectivity index (χ0v) is 23.9. The predicted octanol–water partition coefficient (Wildman–Crippen LogP) is 4.85. The second kappa shape index (κ2) is 13.9. The van der Waals surface area contributed by atoms with Crippen molar-refractivity contribution in [2.75, 3.05) is 0 Å². The molecule has 0 saturated heterocycles. The molecule has 1 heterocycles. The lowest BCUT2D eigenvalue weighted by Gasteiger charge is -2.20. The molecule has 0 bridgehead atoms. The summed E-state index contributed by atoms with van der Waals surface area (Å²) in [5, 5.41) is 10.3. The van der Waals surface area contributed by atoms with Crippen molar-refractivity contribution in [3.8, 4) is 16.8 Å². The Labute approximate surface area is 244 Å². The second-order valence-electron chi connectivity index (χ2n) is 10.3.